The zero-order valence-electron chi connectivity index (χ0n) is 7.94. The number of nitriles is 2. The zero-order chi connectivity index (χ0) is 12.0. The molecular formula is C10H5Cl2N3O. The molecule has 6 heteroatoms. The van der Waals surface area contributed by atoms with Crippen molar-refractivity contribution in [1.82, 2.24) is 0 Å². The fourth-order valence-electron chi connectivity index (χ4n) is 0.867. The van der Waals surface area contributed by atoms with Gasteiger partial charge in [0.2, 0.25) is 0 Å². The molecule has 0 saturated carbocycles. The van der Waals surface area contributed by atoms with E-state index in [-0.39, 0.29) is 12.3 Å². The van der Waals surface area contributed by atoms with Crippen molar-refractivity contribution < 1.29 is 4.84 Å². The first kappa shape index (κ1) is 12.3. The minimum Gasteiger partial charge on any atom is -0.389 e. The van der Waals surface area contributed by atoms with Gasteiger partial charge in [-0.15, -0.1) is 0 Å². The number of rotatable bonds is 3. The normalized spacial score (nSPS) is 8.75. The molecule has 0 radical (unpaired) electrons. The molecule has 0 amide bonds. The Morgan fingerprint density at radius 3 is 2.50 bits per heavy atom. The standard InChI is InChI=1S/C10H5Cl2N3O/c11-9-2-1-7(3-10(9)12)6-16-15-8(4-13)5-14/h1-3H,6H2. The summed E-state index contributed by atoms with van der Waals surface area (Å²) in [6, 6.07) is 8.11. The van der Waals surface area contributed by atoms with E-state index in [1.165, 1.54) is 0 Å². The summed E-state index contributed by atoms with van der Waals surface area (Å²) in [6.45, 7) is 0.115. The average Bonchev–Trinajstić information content (AvgIpc) is 2.29. The summed E-state index contributed by atoms with van der Waals surface area (Å²) in [5, 5.41) is 20.9. The predicted octanol–water partition coefficient (Wildman–Crippen LogP) is 2.91. The molecule has 0 saturated heterocycles. The van der Waals surface area contributed by atoms with Gasteiger partial charge in [-0.1, -0.05) is 34.4 Å². The first-order valence-electron chi connectivity index (χ1n) is 4.11. The summed E-state index contributed by atoms with van der Waals surface area (Å²) in [4.78, 5) is 4.80. The lowest BCUT2D eigenvalue weighted by Crippen LogP contribution is -1.93. The van der Waals surface area contributed by atoms with Crippen LogP contribution in [-0.4, -0.2) is 5.71 Å². The first-order valence-corrected chi connectivity index (χ1v) is 4.87. The Labute approximate surface area is 102 Å². The molecule has 0 atom stereocenters. The Hall–Kier alpha value is -1.75. The summed E-state index contributed by atoms with van der Waals surface area (Å²) in [6.07, 6.45) is 0. The van der Waals surface area contributed by atoms with Crippen molar-refractivity contribution in [1.29, 1.82) is 10.5 Å². The van der Waals surface area contributed by atoms with Crippen molar-refractivity contribution in [3.63, 3.8) is 0 Å². The number of oxime groups is 1. The highest BCUT2D eigenvalue weighted by atomic mass is 35.5. The van der Waals surface area contributed by atoms with Crippen LogP contribution in [0.2, 0.25) is 10.0 Å². The van der Waals surface area contributed by atoms with Gasteiger partial charge in [0.05, 0.1) is 10.0 Å². The molecule has 1 aromatic rings. The van der Waals surface area contributed by atoms with Crippen molar-refractivity contribution in [3.05, 3.63) is 33.8 Å². The van der Waals surface area contributed by atoms with E-state index < -0.39 is 0 Å². The maximum atomic E-state index is 8.38. The number of hydrogen-bond acceptors (Lipinski definition) is 4. The van der Waals surface area contributed by atoms with Crippen LogP contribution >= 0.6 is 23.2 Å². The monoisotopic (exact) mass is 253 g/mol. The molecule has 0 spiro atoms. The fraction of sp³-hybridized carbons (Fsp3) is 0.100. The van der Waals surface area contributed by atoms with Gasteiger partial charge in [-0.2, -0.15) is 10.5 Å². The molecule has 0 aliphatic rings. The van der Waals surface area contributed by atoms with Gasteiger partial charge in [-0.05, 0) is 17.7 Å². The van der Waals surface area contributed by atoms with Gasteiger partial charge < -0.3 is 4.84 Å². The van der Waals surface area contributed by atoms with Crippen LogP contribution in [0.15, 0.2) is 23.4 Å². The van der Waals surface area contributed by atoms with Crippen molar-refractivity contribution >= 4 is 28.9 Å². The highest BCUT2D eigenvalue weighted by Crippen LogP contribution is 2.22. The lowest BCUT2D eigenvalue weighted by atomic mass is 10.2. The van der Waals surface area contributed by atoms with E-state index in [2.05, 4.69) is 5.16 Å². The van der Waals surface area contributed by atoms with Crippen LogP contribution in [0.1, 0.15) is 5.56 Å². The maximum absolute atomic E-state index is 8.38. The van der Waals surface area contributed by atoms with E-state index in [1.807, 2.05) is 0 Å². The fourth-order valence-corrected chi connectivity index (χ4v) is 1.19. The average molecular weight is 254 g/mol. The van der Waals surface area contributed by atoms with Gasteiger partial charge in [-0.3, -0.25) is 0 Å². The highest BCUT2D eigenvalue weighted by Gasteiger charge is 2.00. The van der Waals surface area contributed by atoms with Crippen LogP contribution in [0.5, 0.6) is 0 Å². The second kappa shape index (κ2) is 5.97. The van der Waals surface area contributed by atoms with Crippen LogP contribution in [0, 0.1) is 22.7 Å². The minimum absolute atomic E-state index is 0.115. The van der Waals surface area contributed by atoms with E-state index in [0.717, 1.165) is 5.56 Å². The Morgan fingerprint density at radius 2 is 1.94 bits per heavy atom. The summed E-state index contributed by atoms with van der Waals surface area (Å²) in [5.41, 5.74) is 0.411. The highest BCUT2D eigenvalue weighted by molar-refractivity contribution is 6.42. The van der Waals surface area contributed by atoms with Gasteiger partial charge >= 0.3 is 0 Å². The molecule has 80 valence electrons. The molecule has 4 nitrogen and oxygen atoms in total. The van der Waals surface area contributed by atoms with Crippen molar-refractivity contribution in [2.24, 2.45) is 5.16 Å². The van der Waals surface area contributed by atoms with Gasteiger partial charge in [0.15, 0.2) is 0 Å². The van der Waals surface area contributed by atoms with Crippen LogP contribution in [-0.2, 0) is 11.4 Å². The third kappa shape index (κ3) is 3.43. The molecule has 0 unspecified atom stereocenters. The van der Waals surface area contributed by atoms with Gasteiger partial charge in [0.25, 0.3) is 5.71 Å². The number of hydrogen-bond donors (Lipinski definition) is 0. The molecule has 0 aromatic heterocycles. The van der Waals surface area contributed by atoms with E-state index in [4.69, 9.17) is 38.6 Å². The molecule has 0 bridgehead atoms. The topological polar surface area (TPSA) is 69.2 Å². The lowest BCUT2D eigenvalue weighted by molar-refractivity contribution is 0.131. The molecule has 1 aromatic carbocycles. The van der Waals surface area contributed by atoms with E-state index in [1.54, 1.807) is 30.3 Å². The molecular weight excluding hydrogens is 249 g/mol. The number of nitrogens with zero attached hydrogens (tertiary/aromatic N) is 3. The number of halogens is 2. The third-order valence-electron chi connectivity index (χ3n) is 1.58. The van der Waals surface area contributed by atoms with Gasteiger partial charge in [0, 0.05) is 0 Å². The SMILES string of the molecule is N#CC(C#N)=NOCc1ccc(Cl)c(Cl)c1. The minimum atomic E-state index is -0.333. The zero-order valence-corrected chi connectivity index (χ0v) is 9.46. The van der Waals surface area contributed by atoms with Gasteiger partial charge in [-0.25, -0.2) is 0 Å². The Kier molecular flexibility index (Phi) is 4.60. The Morgan fingerprint density at radius 1 is 1.25 bits per heavy atom. The summed E-state index contributed by atoms with van der Waals surface area (Å²) in [7, 11) is 0. The van der Waals surface area contributed by atoms with E-state index in [9.17, 15) is 0 Å². The largest absolute Gasteiger partial charge is 0.389 e. The molecule has 0 N–H and O–H groups in total. The van der Waals surface area contributed by atoms with Crippen molar-refractivity contribution in [3.8, 4) is 12.1 Å². The van der Waals surface area contributed by atoms with Crippen LogP contribution in [0.25, 0.3) is 0 Å². The van der Waals surface area contributed by atoms with Gasteiger partial charge in [0.1, 0.15) is 18.7 Å². The smallest absolute Gasteiger partial charge is 0.256 e. The number of benzene rings is 1. The summed E-state index contributed by atoms with van der Waals surface area (Å²) >= 11 is 11.5. The molecule has 0 aliphatic carbocycles. The second-order valence-corrected chi connectivity index (χ2v) is 3.50. The van der Waals surface area contributed by atoms with E-state index in [0.29, 0.717) is 10.0 Å². The summed E-state index contributed by atoms with van der Waals surface area (Å²) in [5.74, 6) is 0. The molecule has 0 fully saturated rings. The lowest BCUT2D eigenvalue weighted by Gasteiger charge is -2.01. The molecule has 1 rings (SSSR count). The first-order chi connectivity index (χ1) is 7.67. The predicted molar refractivity (Wildman–Crippen MR) is 59.9 cm³/mol. The third-order valence-corrected chi connectivity index (χ3v) is 2.32. The summed E-state index contributed by atoms with van der Waals surface area (Å²) < 4.78 is 0. The second-order valence-electron chi connectivity index (χ2n) is 2.69. The van der Waals surface area contributed by atoms with Crippen molar-refractivity contribution in [2.45, 2.75) is 6.61 Å². The van der Waals surface area contributed by atoms with Crippen LogP contribution < -0.4 is 0 Å². The Bertz CT molecular complexity index is 484. The molecule has 0 heterocycles. The maximum Gasteiger partial charge on any atom is 0.256 e. The van der Waals surface area contributed by atoms with Crippen LogP contribution in [0.3, 0.4) is 0 Å². The molecule has 16 heavy (non-hydrogen) atoms. The Balaban J connectivity index is 2.63. The van der Waals surface area contributed by atoms with E-state index >= 15 is 0 Å². The van der Waals surface area contributed by atoms with Crippen LogP contribution in [0.4, 0.5) is 0 Å². The molecule has 0 aliphatic heterocycles. The quantitative estimate of drug-likeness (QED) is 0.615. The van der Waals surface area contributed by atoms with Crippen molar-refractivity contribution in [2.75, 3.05) is 0 Å².